The van der Waals surface area contributed by atoms with E-state index in [4.69, 9.17) is 0 Å². The smallest absolute Gasteiger partial charge is 0.259 e. The van der Waals surface area contributed by atoms with Gasteiger partial charge in [-0.1, -0.05) is 24.3 Å². The summed E-state index contributed by atoms with van der Waals surface area (Å²) in [4.78, 5) is 12.2. The lowest BCUT2D eigenvalue weighted by Gasteiger charge is -2.21. The number of phenolic OH excluding ortho intramolecular Hbond substituents is 1. The van der Waals surface area contributed by atoms with Crippen LogP contribution in [0.15, 0.2) is 42.5 Å². The van der Waals surface area contributed by atoms with Crippen LogP contribution in [0, 0.1) is 0 Å². The van der Waals surface area contributed by atoms with Crippen LogP contribution in [0.3, 0.4) is 0 Å². The van der Waals surface area contributed by atoms with Crippen LogP contribution in [-0.4, -0.2) is 17.6 Å². The molecule has 4 heteroatoms. The van der Waals surface area contributed by atoms with E-state index in [-0.39, 0.29) is 17.2 Å². The Labute approximate surface area is 117 Å². The molecule has 2 aromatic rings. The number of rotatable bonds is 2. The molecule has 0 saturated heterocycles. The molecule has 4 nitrogen and oxygen atoms in total. The number of carbonyl (C=O) groups excluding carboxylic acids is 1. The molecule has 3 rings (SSSR count). The lowest BCUT2D eigenvalue weighted by Crippen LogP contribution is -2.17. The average molecular weight is 268 g/mol. The molecule has 0 fully saturated rings. The number of amides is 1. The summed E-state index contributed by atoms with van der Waals surface area (Å²) in [5.41, 5.74) is 3.24. The quantitative estimate of drug-likeness (QED) is 0.784. The number of benzene rings is 2. The number of nitrogens with one attached hydrogen (secondary N) is 2. The van der Waals surface area contributed by atoms with Crippen LogP contribution < -0.4 is 10.6 Å². The Hall–Kier alpha value is -2.49. The summed E-state index contributed by atoms with van der Waals surface area (Å²) in [6, 6.07) is 12.4. The highest BCUT2D eigenvalue weighted by Crippen LogP contribution is 2.30. The third kappa shape index (κ3) is 2.32. The van der Waals surface area contributed by atoms with Gasteiger partial charge in [0.25, 0.3) is 5.91 Å². The van der Waals surface area contributed by atoms with Crippen molar-refractivity contribution in [3.8, 4) is 5.75 Å². The third-order valence-electron chi connectivity index (χ3n) is 3.47. The number of aryl methyl sites for hydroxylation is 1. The van der Waals surface area contributed by atoms with Gasteiger partial charge in [0.05, 0.1) is 16.9 Å². The molecule has 1 heterocycles. The number of fused-ring (bicyclic) bond motifs is 1. The van der Waals surface area contributed by atoms with Crippen LogP contribution >= 0.6 is 0 Å². The Morgan fingerprint density at radius 3 is 2.85 bits per heavy atom. The highest BCUT2D eigenvalue weighted by atomic mass is 16.3. The molecule has 1 amide bonds. The van der Waals surface area contributed by atoms with E-state index in [0.29, 0.717) is 0 Å². The van der Waals surface area contributed by atoms with Gasteiger partial charge in [0.1, 0.15) is 5.75 Å². The second-order valence-corrected chi connectivity index (χ2v) is 4.84. The predicted octanol–water partition coefficient (Wildman–Crippen LogP) is 3.00. The van der Waals surface area contributed by atoms with E-state index >= 15 is 0 Å². The molecule has 20 heavy (non-hydrogen) atoms. The van der Waals surface area contributed by atoms with Crippen LogP contribution in [0.5, 0.6) is 5.75 Å². The van der Waals surface area contributed by atoms with Crippen molar-refractivity contribution in [3.05, 3.63) is 53.6 Å². The minimum absolute atomic E-state index is 0.0113. The zero-order chi connectivity index (χ0) is 13.9. The number of anilines is 2. The van der Waals surface area contributed by atoms with Gasteiger partial charge in [-0.3, -0.25) is 4.79 Å². The van der Waals surface area contributed by atoms with Gasteiger partial charge < -0.3 is 15.7 Å². The zero-order valence-corrected chi connectivity index (χ0v) is 11.0. The molecule has 0 saturated carbocycles. The Morgan fingerprint density at radius 2 is 2.00 bits per heavy atom. The van der Waals surface area contributed by atoms with Crippen molar-refractivity contribution in [1.82, 2.24) is 0 Å². The largest absolute Gasteiger partial charge is 0.507 e. The highest BCUT2D eigenvalue weighted by Gasteiger charge is 2.16. The van der Waals surface area contributed by atoms with E-state index in [9.17, 15) is 9.90 Å². The summed E-state index contributed by atoms with van der Waals surface area (Å²) < 4.78 is 0. The van der Waals surface area contributed by atoms with Crippen LogP contribution in [0.25, 0.3) is 0 Å². The molecule has 2 aromatic carbocycles. The van der Waals surface area contributed by atoms with Crippen molar-refractivity contribution in [2.45, 2.75) is 12.8 Å². The number of phenols is 1. The molecular weight excluding hydrogens is 252 g/mol. The molecule has 0 aliphatic carbocycles. The second kappa shape index (κ2) is 5.25. The van der Waals surface area contributed by atoms with E-state index in [2.05, 4.69) is 16.7 Å². The molecule has 0 radical (unpaired) electrons. The average Bonchev–Trinajstić information content (AvgIpc) is 2.48. The Bertz CT molecular complexity index is 653. The fraction of sp³-hybridized carbons (Fsp3) is 0.188. The maximum atomic E-state index is 12.2. The van der Waals surface area contributed by atoms with E-state index in [1.807, 2.05) is 12.1 Å². The topological polar surface area (TPSA) is 61.4 Å². The van der Waals surface area contributed by atoms with Crippen molar-refractivity contribution in [1.29, 1.82) is 0 Å². The van der Waals surface area contributed by atoms with Gasteiger partial charge in [-0.2, -0.15) is 0 Å². The molecule has 102 valence electrons. The number of para-hydroxylation sites is 2. The number of carbonyl (C=O) groups is 1. The van der Waals surface area contributed by atoms with E-state index in [0.717, 1.165) is 30.8 Å². The van der Waals surface area contributed by atoms with Crippen LogP contribution in [0.1, 0.15) is 22.3 Å². The van der Waals surface area contributed by atoms with Gasteiger partial charge in [-0.25, -0.2) is 0 Å². The molecule has 0 aromatic heterocycles. The van der Waals surface area contributed by atoms with Crippen molar-refractivity contribution < 1.29 is 9.90 Å². The van der Waals surface area contributed by atoms with Crippen molar-refractivity contribution >= 4 is 17.3 Å². The lowest BCUT2D eigenvalue weighted by molar-refractivity contribution is 0.102. The SMILES string of the molecule is O=C(Nc1cccc2c1NCCC2)c1ccccc1O. The minimum atomic E-state index is -0.302. The monoisotopic (exact) mass is 268 g/mol. The van der Waals surface area contributed by atoms with E-state index < -0.39 is 0 Å². The van der Waals surface area contributed by atoms with E-state index in [1.165, 1.54) is 11.6 Å². The van der Waals surface area contributed by atoms with Crippen molar-refractivity contribution in [2.24, 2.45) is 0 Å². The first-order chi connectivity index (χ1) is 9.75. The summed E-state index contributed by atoms with van der Waals surface area (Å²) in [7, 11) is 0. The third-order valence-corrected chi connectivity index (χ3v) is 3.47. The first-order valence-electron chi connectivity index (χ1n) is 6.71. The zero-order valence-electron chi connectivity index (χ0n) is 11.0. The van der Waals surface area contributed by atoms with Gasteiger partial charge >= 0.3 is 0 Å². The van der Waals surface area contributed by atoms with Crippen LogP contribution in [0.2, 0.25) is 0 Å². The van der Waals surface area contributed by atoms with E-state index in [1.54, 1.807) is 18.2 Å². The fourth-order valence-corrected chi connectivity index (χ4v) is 2.47. The number of hydrogen-bond donors (Lipinski definition) is 3. The molecule has 0 unspecified atom stereocenters. The molecule has 1 aliphatic rings. The Kier molecular flexibility index (Phi) is 3.29. The predicted molar refractivity (Wildman–Crippen MR) is 79.3 cm³/mol. The first kappa shape index (κ1) is 12.5. The van der Waals surface area contributed by atoms with Gasteiger partial charge in [0.2, 0.25) is 0 Å². The maximum Gasteiger partial charge on any atom is 0.259 e. The van der Waals surface area contributed by atoms with Crippen molar-refractivity contribution in [3.63, 3.8) is 0 Å². The minimum Gasteiger partial charge on any atom is -0.507 e. The summed E-state index contributed by atoms with van der Waals surface area (Å²) in [5, 5.41) is 15.9. The summed E-state index contributed by atoms with van der Waals surface area (Å²) >= 11 is 0. The molecular formula is C16H16N2O2. The molecule has 0 atom stereocenters. The first-order valence-corrected chi connectivity index (χ1v) is 6.71. The maximum absolute atomic E-state index is 12.2. The molecule has 3 N–H and O–H groups in total. The second-order valence-electron chi connectivity index (χ2n) is 4.84. The number of aromatic hydroxyl groups is 1. The van der Waals surface area contributed by atoms with Gasteiger partial charge in [0.15, 0.2) is 0 Å². The number of hydrogen-bond acceptors (Lipinski definition) is 3. The highest BCUT2D eigenvalue weighted by molar-refractivity contribution is 6.07. The Balaban J connectivity index is 1.89. The van der Waals surface area contributed by atoms with Crippen molar-refractivity contribution in [2.75, 3.05) is 17.2 Å². The van der Waals surface area contributed by atoms with Gasteiger partial charge in [-0.05, 0) is 36.6 Å². The van der Waals surface area contributed by atoms with Crippen LogP contribution in [-0.2, 0) is 6.42 Å². The normalized spacial score (nSPS) is 13.2. The summed E-state index contributed by atoms with van der Waals surface area (Å²) in [6.07, 6.45) is 2.12. The molecule has 0 bridgehead atoms. The van der Waals surface area contributed by atoms with Crippen LogP contribution in [0.4, 0.5) is 11.4 Å². The summed E-state index contributed by atoms with van der Waals surface area (Å²) in [6.45, 7) is 0.913. The fourth-order valence-electron chi connectivity index (χ4n) is 2.47. The molecule has 1 aliphatic heterocycles. The Morgan fingerprint density at radius 1 is 1.15 bits per heavy atom. The van der Waals surface area contributed by atoms with Gasteiger partial charge in [0, 0.05) is 6.54 Å². The lowest BCUT2D eigenvalue weighted by atomic mass is 10.0. The standard InChI is InChI=1S/C16H16N2O2/c19-14-9-2-1-7-12(14)16(20)18-13-8-3-5-11-6-4-10-17-15(11)13/h1-3,5,7-9,17,19H,4,6,10H2,(H,18,20). The van der Waals surface area contributed by atoms with Gasteiger partial charge in [-0.15, -0.1) is 0 Å². The molecule has 0 spiro atoms. The summed E-state index contributed by atoms with van der Waals surface area (Å²) in [5.74, 6) is -0.313.